The third-order valence-corrected chi connectivity index (χ3v) is 2.75. The van der Waals surface area contributed by atoms with Crippen molar-refractivity contribution >= 4 is 17.2 Å². The van der Waals surface area contributed by atoms with Crippen LogP contribution in [0.3, 0.4) is 0 Å². The standard InChI is InChI=1S/C10H16N2O2S/c1-8-2-3-9(15-8)6-12-10(13)7-14-5-4-11/h2-3H,4-7,11H2,1H3,(H,12,13). The van der Waals surface area contributed by atoms with Crippen LogP contribution in [-0.2, 0) is 16.1 Å². The van der Waals surface area contributed by atoms with Crippen molar-refractivity contribution in [1.29, 1.82) is 0 Å². The number of hydrogen-bond donors (Lipinski definition) is 2. The van der Waals surface area contributed by atoms with Gasteiger partial charge in [-0.3, -0.25) is 4.79 Å². The highest BCUT2D eigenvalue weighted by atomic mass is 32.1. The van der Waals surface area contributed by atoms with Gasteiger partial charge < -0.3 is 15.8 Å². The van der Waals surface area contributed by atoms with Crippen LogP contribution in [0.15, 0.2) is 12.1 Å². The van der Waals surface area contributed by atoms with Gasteiger partial charge in [0.1, 0.15) is 6.61 Å². The van der Waals surface area contributed by atoms with Crippen LogP contribution in [0.2, 0.25) is 0 Å². The second-order valence-corrected chi connectivity index (χ2v) is 4.50. The Morgan fingerprint density at radius 1 is 1.60 bits per heavy atom. The quantitative estimate of drug-likeness (QED) is 0.703. The minimum Gasteiger partial charge on any atom is -0.370 e. The van der Waals surface area contributed by atoms with Gasteiger partial charge in [0.05, 0.1) is 13.2 Å². The summed E-state index contributed by atoms with van der Waals surface area (Å²) in [4.78, 5) is 13.6. The zero-order chi connectivity index (χ0) is 11.1. The molecule has 0 aliphatic heterocycles. The SMILES string of the molecule is Cc1ccc(CNC(=O)COCCN)s1. The molecule has 84 valence electrons. The zero-order valence-electron chi connectivity index (χ0n) is 8.79. The van der Waals surface area contributed by atoms with Gasteiger partial charge in [-0.1, -0.05) is 0 Å². The number of rotatable bonds is 6. The summed E-state index contributed by atoms with van der Waals surface area (Å²) in [5.74, 6) is -0.102. The molecule has 1 heterocycles. The maximum atomic E-state index is 11.2. The summed E-state index contributed by atoms with van der Waals surface area (Å²) in [6, 6.07) is 4.05. The lowest BCUT2D eigenvalue weighted by Gasteiger charge is -2.03. The van der Waals surface area contributed by atoms with Crippen LogP contribution in [0.1, 0.15) is 9.75 Å². The number of hydrogen-bond acceptors (Lipinski definition) is 4. The van der Waals surface area contributed by atoms with Gasteiger partial charge in [0.15, 0.2) is 0 Å². The number of thiophene rings is 1. The Balaban J connectivity index is 2.16. The molecule has 3 N–H and O–H groups in total. The molecule has 0 aliphatic rings. The molecule has 5 heteroatoms. The van der Waals surface area contributed by atoms with Crippen molar-refractivity contribution in [1.82, 2.24) is 5.32 Å². The lowest BCUT2D eigenvalue weighted by molar-refractivity contribution is -0.125. The fourth-order valence-corrected chi connectivity index (χ4v) is 1.90. The van der Waals surface area contributed by atoms with Crippen LogP contribution in [-0.4, -0.2) is 25.7 Å². The minimum atomic E-state index is -0.102. The van der Waals surface area contributed by atoms with E-state index in [0.29, 0.717) is 19.7 Å². The van der Waals surface area contributed by atoms with E-state index < -0.39 is 0 Å². The monoisotopic (exact) mass is 228 g/mol. The number of carbonyl (C=O) groups excluding carboxylic acids is 1. The summed E-state index contributed by atoms with van der Waals surface area (Å²) in [7, 11) is 0. The fourth-order valence-electron chi connectivity index (χ4n) is 1.07. The maximum absolute atomic E-state index is 11.2. The average molecular weight is 228 g/mol. The highest BCUT2D eigenvalue weighted by molar-refractivity contribution is 7.11. The molecule has 15 heavy (non-hydrogen) atoms. The van der Waals surface area contributed by atoms with Gasteiger partial charge in [-0.2, -0.15) is 0 Å². The van der Waals surface area contributed by atoms with Gasteiger partial charge >= 0.3 is 0 Å². The third kappa shape index (κ3) is 4.92. The van der Waals surface area contributed by atoms with Gasteiger partial charge in [0.25, 0.3) is 0 Å². The van der Waals surface area contributed by atoms with Crippen molar-refractivity contribution in [3.63, 3.8) is 0 Å². The topological polar surface area (TPSA) is 64.3 Å². The molecule has 0 saturated carbocycles. The number of nitrogens with two attached hydrogens (primary N) is 1. The van der Waals surface area contributed by atoms with Crippen LogP contribution < -0.4 is 11.1 Å². The van der Waals surface area contributed by atoms with Crippen molar-refractivity contribution in [3.05, 3.63) is 21.9 Å². The van der Waals surface area contributed by atoms with Crippen molar-refractivity contribution in [2.75, 3.05) is 19.8 Å². The highest BCUT2D eigenvalue weighted by Crippen LogP contribution is 2.14. The predicted molar refractivity (Wildman–Crippen MR) is 60.8 cm³/mol. The third-order valence-electron chi connectivity index (χ3n) is 1.75. The summed E-state index contributed by atoms with van der Waals surface area (Å²) in [6.07, 6.45) is 0. The minimum absolute atomic E-state index is 0.0849. The molecule has 0 saturated heterocycles. The molecule has 0 radical (unpaired) electrons. The van der Waals surface area contributed by atoms with Crippen molar-refractivity contribution in [2.45, 2.75) is 13.5 Å². The number of carbonyl (C=O) groups is 1. The fraction of sp³-hybridized carbons (Fsp3) is 0.500. The van der Waals surface area contributed by atoms with E-state index in [0.717, 1.165) is 4.88 Å². The van der Waals surface area contributed by atoms with E-state index >= 15 is 0 Å². The summed E-state index contributed by atoms with van der Waals surface area (Å²) in [6.45, 7) is 3.56. The molecule has 0 unspecified atom stereocenters. The van der Waals surface area contributed by atoms with Crippen LogP contribution in [0.5, 0.6) is 0 Å². The van der Waals surface area contributed by atoms with E-state index in [1.54, 1.807) is 11.3 Å². The molecule has 0 aromatic carbocycles. The van der Waals surface area contributed by atoms with Crippen molar-refractivity contribution in [2.24, 2.45) is 5.73 Å². The first-order valence-corrected chi connectivity index (χ1v) is 5.64. The van der Waals surface area contributed by atoms with Crippen LogP contribution in [0.25, 0.3) is 0 Å². The predicted octanol–water partition coefficient (Wildman–Crippen LogP) is 0.648. The summed E-state index contributed by atoms with van der Waals surface area (Å²) < 4.78 is 5.00. The molecule has 0 bridgehead atoms. The molecule has 1 amide bonds. The number of nitrogens with one attached hydrogen (secondary N) is 1. The number of ether oxygens (including phenoxy) is 1. The Hall–Kier alpha value is -0.910. The van der Waals surface area contributed by atoms with E-state index in [1.165, 1.54) is 4.88 Å². The van der Waals surface area contributed by atoms with E-state index in [1.807, 2.05) is 19.1 Å². The van der Waals surface area contributed by atoms with Gasteiger partial charge in [-0.15, -0.1) is 11.3 Å². The number of aryl methyl sites for hydroxylation is 1. The smallest absolute Gasteiger partial charge is 0.246 e. The van der Waals surface area contributed by atoms with Gasteiger partial charge in [-0.25, -0.2) is 0 Å². The maximum Gasteiger partial charge on any atom is 0.246 e. The lowest BCUT2D eigenvalue weighted by atomic mass is 10.4. The Morgan fingerprint density at radius 2 is 2.40 bits per heavy atom. The molecule has 0 fully saturated rings. The Morgan fingerprint density at radius 3 is 3.00 bits per heavy atom. The Kier molecular flexibility index (Phi) is 5.31. The summed E-state index contributed by atoms with van der Waals surface area (Å²) in [5.41, 5.74) is 5.23. The second kappa shape index (κ2) is 6.55. The van der Waals surface area contributed by atoms with E-state index in [2.05, 4.69) is 5.32 Å². The molecule has 0 aliphatic carbocycles. The lowest BCUT2D eigenvalue weighted by Crippen LogP contribution is -2.27. The van der Waals surface area contributed by atoms with E-state index in [-0.39, 0.29) is 12.5 Å². The first-order valence-electron chi connectivity index (χ1n) is 4.82. The Labute approximate surface area is 93.4 Å². The van der Waals surface area contributed by atoms with Gasteiger partial charge in [-0.05, 0) is 19.1 Å². The highest BCUT2D eigenvalue weighted by Gasteiger charge is 2.02. The second-order valence-electron chi connectivity index (χ2n) is 3.13. The Bertz CT molecular complexity index is 312. The van der Waals surface area contributed by atoms with Gasteiger partial charge in [0, 0.05) is 16.3 Å². The van der Waals surface area contributed by atoms with Crippen LogP contribution >= 0.6 is 11.3 Å². The van der Waals surface area contributed by atoms with Crippen molar-refractivity contribution < 1.29 is 9.53 Å². The normalized spacial score (nSPS) is 10.3. The summed E-state index contributed by atoms with van der Waals surface area (Å²) >= 11 is 1.68. The molecular weight excluding hydrogens is 212 g/mol. The average Bonchev–Trinajstić information content (AvgIpc) is 2.62. The van der Waals surface area contributed by atoms with Crippen LogP contribution in [0, 0.1) is 6.92 Å². The molecule has 1 rings (SSSR count). The largest absolute Gasteiger partial charge is 0.370 e. The molecule has 4 nitrogen and oxygen atoms in total. The molecular formula is C10H16N2O2S. The first-order chi connectivity index (χ1) is 7.22. The number of amides is 1. The van der Waals surface area contributed by atoms with Crippen LogP contribution in [0.4, 0.5) is 0 Å². The molecule has 1 aromatic rings. The molecule has 0 spiro atoms. The summed E-state index contributed by atoms with van der Waals surface area (Å²) in [5, 5.41) is 2.78. The molecule has 1 aromatic heterocycles. The zero-order valence-corrected chi connectivity index (χ0v) is 9.60. The van der Waals surface area contributed by atoms with E-state index in [9.17, 15) is 4.79 Å². The van der Waals surface area contributed by atoms with Gasteiger partial charge in [0.2, 0.25) is 5.91 Å². The first kappa shape index (κ1) is 12.2. The molecule has 0 atom stereocenters. The van der Waals surface area contributed by atoms with E-state index in [4.69, 9.17) is 10.5 Å². The van der Waals surface area contributed by atoms with Crippen molar-refractivity contribution in [3.8, 4) is 0 Å².